The second kappa shape index (κ2) is 13.4. The Morgan fingerprint density at radius 2 is 1.44 bits per heavy atom. The van der Waals surface area contributed by atoms with Crippen LogP contribution in [0.2, 0.25) is 0 Å². The Hall–Kier alpha value is -3.07. The highest BCUT2D eigenvalue weighted by atomic mass is 127. The standard InChI is InChI=1S/C25H28N4O2.HI/c1-26-24(27-17-19-13-15-22(16-14-19)29-25(30)31-2)28-18-23(20-9-5-3-6-10-20)21-11-7-4-8-12-21;/h3-16,23H,17-18H2,1-2H3,(H,29,30)(H2,26,27,28);1H. The molecule has 0 saturated heterocycles. The Balaban J connectivity index is 0.00000363. The van der Waals surface area contributed by atoms with Gasteiger partial charge in [-0.25, -0.2) is 4.79 Å². The zero-order chi connectivity index (χ0) is 21.9. The maximum absolute atomic E-state index is 11.3. The predicted molar refractivity (Wildman–Crippen MR) is 141 cm³/mol. The second-order valence-corrected chi connectivity index (χ2v) is 6.99. The van der Waals surface area contributed by atoms with Crippen LogP contribution in [0, 0.1) is 0 Å². The number of ether oxygens (including phenoxy) is 1. The van der Waals surface area contributed by atoms with Crippen LogP contribution in [-0.4, -0.2) is 32.8 Å². The molecule has 0 fully saturated rings. The first-order valence-corrected chi connectivity index (χ1v) is 10.2. The van der Waals surface area contributed by atoms with E-state index in [1.165, 1.54) is 18.2 Å². The molecular formula is C25H29IN4O2. The van der Waals surface area contributed by atoms with E-state index in [1.54, 1.807) is 7.05 Å². The minimum absolute atomic E-state index is 0. The van der Waals surface area contributed by atoms with Gasteiger partial charge in [0.05, 0.1) is 7.11 Å². The number of nitrogens with zero attached hydrogens (tertiary/aromatic N) is 1. The molecule has 3 aromatic carbocycles. The number of amides is 1. The SMILES string of the molecule is CN=C(NCc1ccc(NC(=O)OC)cc1)NCC(c1ccccc1)c1ccccc1.I. The van der Waals surface area contributed by atoms with Gasteiger partial charge in [-0.2, -0.15) is 0 Å². The second-order valence-electron chi connectivity index (χ2n) is 6.99. The molecule has 0 radical (unpaired) electrons. The van der Waals surface area contributed by atoms with Crippen molar-refractivity contribution >= 4 is 41.7 Å². The fourth-order valence-corrected chi connectivity index (χ4v) is 3.28. The highest BCUT2D eigenvalue weighted by molar-refractivity contribution is 14.0. The lowest BCUT2D eigenvalue weighted by atomic mass is 9.91. The number of halogens is 1. The minimum atomic E-state index is -0.484. The summed E-state index contributed by atoms with van der Waals surface area (Å²) in [6.07, 6.45) is -0.484. The molecule has 168 valence electrons. The van der Waals surface area contributed by atoms with Crippen molar-refractivity contribution in [2.24, 2.45) is 4.99 Å². The third kappa shape index (κ3) is 7.56. The summed E-state index contributed by atoms with van der Waals surface area (Å²) in [7, 11) is 3.10. The zero-order valence-corrected chi connectivity index (χ0v) is 20.6. The Labute approximate surface area is 206 Å². The summed E-state index contributed by atoms with van der Waals surface area (Å²) < 4.78 is 4.60. The lowest BCUT2D eigenvalue weighted by Crippen LogP contribution is -2.39. The van der Waals surface area contributed by atoms with Gasteiger partial charge in [0.2, 0.25) is 0 Å². The van der Waals surface area contributed by atoms with E-state index in [0.29, 0.717) is 12.2 Å². The number of guanidine groups is 1. The van der Waals surface area contributed by atoms with Crippen LogP contribution in [0.3, 0.4) is 0 Å². The molecule has 7 heteroatoms. The molecule has 0 aliphatic carbocycles. The van der Waals surface area contributed by atoms with E-state index in [2.05, 4.69) is 74.2 Å². The maximum Gasteiger partial charge on any atom is 0.411 e. The normalized spacial score (nSPS) is 10.8. The summed E-state index contributed by atoms with van der Waals surface area (Å²) >= 11 is 0. The molecule has 0 unspecified atom stereocenters. The first kappa shape index (κ1) is 25.2. The van der Waals surface area contributed by atoms with Crippen LogP contribution in [0.25, 0.3) is 0 Å². The van der Waals surface area contributed by atoms with Crippen molar-refractivity contribution in [3.05, 3.63) is 102 Å². The van der Waals surface area contributed by atoms with Crippen molar-refractivity contribution in [1.82, 2.24) is 10.6 Å². The quantitative estimate of drug-likeness (QED) is 0.223. The zero-order valence-electron chi connectivity index (χ0n) is 18.2. The van der Waals surface area contributed by atoms with Gasteiger partial charge in [0.15, 0.2) is 5.96 Å². The fraction of sp³-hybridized carbons (Fsp3) is 0.200. The average molecular weight is 544 g/mol. The smallest absolute Gasteiger partial charge is 0.411 e. The van der Waals surface area contributed by atoms with Crippen LogP contribution in [0.5, 0.6) is 0 Å². The van der Waals surface area contributed by atoms with Crippen LogP contribution in [-0.2, 0) is 11.3 Å². The van der Waals surface area contributed by atoms with Gasteiger partial charge in [-0.1, -0.05) is 72.8 Å². The third-order valence-electron chi connectivity index (χ3n) is 4.95. The highest BCUT2D eigenvalue weighted by Gasteiger charge is 2.14. The van der Waals surface area contributed by atoms with Crippen molar-refractivity contribution < 1.29 is 9.53 Å². The number of aliphatic imine (C=N–C) groups is 1. The summed E-state index contributed by atoms with van der Waals surface area (Å²) in [4.78, 5) is 15.6. The lowest BCUT2D eigenvalue weighted by Gasteiger charge is -2.20. The van der Waals surface area contributed by atoms with Crippen LogP contribution < -0.4 is 16.0 Å². The van der Waals surface area contributed by atoms with Gasteiger partial charge in [0, 0.05) is 31.7 Å². The van der Waals surface area contributed by atoms with E-state index >= 15 is 0 Å². The molecule has 0 bridgehead atoms. The molecule has 6 nitrogen and oxygen atoms in total. The van der Waals surface area contributed by atoms with Crippen LogP contribution in [0.1, 0.15) is 22.6 Å². The molecular weight excluding hydrogens is 515 g/mol. The first-order valence-electron chi connectivity index (χ1n) is 10.2. The van der Waals surface area contributed by atoms with E-state index in [4.69, 9.17) is 0 Å². The molecule has 1 amide bonds. The van der Waals surface area contributed by atoms with Crippen molar-refractivity contribution in [2.45, 2.75) is 12.5 Å². The molecule has 0 heterocycles. The minimum Gasteiger partial charge on any atom is -0.453 e. The van der Waals surface area contributed by atoms with Crippen molar-refractivity contribution in [1.29, 1.82) is 0 Å². The number of carbonyl (C=O) groups excluding carboxylic acids is 1. The number of hydrogen-bond donors (Lipinski definition) is 3. The van der Waals surface area contributed by atoms with Gasteiger partial charge in [0.25, 0.3) is 0 Å². The van der Waals surface area contributed by atoms with Gasteiger partial charge in [-0.15, -0.1) is 24.0 Å². The predicted octanol–water partition coefficient (Wildman–Crippen LogP) is 4.98. The summed E-state index contributed by atoms with van der Waals surface area (Å²) in [5, 5.41) is 9.43. The number of anilines is 1. The molecule has 0 atom stereocenters. The topological polar surface area (TPSA) is 74.8 Å². The van der Waals surface area contributed by atoms with Gasteiger partial charge in [0.1, 0.15) is 0 Å². The highest BCUT2D eigenvalue weighted by Crippen LogP contribution is 2.23. The van der Waals surface area contributed by atoms with E-state index < -0.39 is 6.09 Å². The molecule has 3 N–H and O–H groups in total. The number of carbonyl (C=O) groups is 1. The summed E-state index contributed by atoms with van der Waals surface area (Å²) in [6.45, 7) is 1.33. The average Bonchev–Trinajstić information content (AvgIpc) is 2.83. The Morgan fingerprint density at radius 3 is 1.94 bits per heavy atom. The Morgan fingerprint density at radius 1 is 0.875 bits per heavy atom. The molecule has 0 aromatic heterocycles. The molecule has 0 aliphatic heterocycles. The number of rotatable bonds is 7. The summed E-state index contributed by atoms with van der Waals surface area (Å²) in [5.41, 5.74) is 4.27. The van der Waals surface area contributed by atoms with Crippen LogP contribution >= 0.6 is 24.0 Å². The lowest BCUT2D eigenvalue weighted by molar-refractivity contribution is 0.187. The maximum atomic E-state index is 11.3. The number of nitrogens with one attached hydrogen (secondary N) is 3. The molecule has 32 heavy (non-hydrogen) atoms. The summed E-state index contributed by atoms with van der Waals surface area (Å²) in [5.74, 6) is 0.943. The van der Waals surface area contributed by atoms with E-state index in [0.717, 1.165) is 18.1 Å². The molecule has 0 aliphatic rings. The summed E-state index contributed by atoms with van der Waals surface area (Å²) in [6, 6.07) is 28.5. The molecule has 3 aromatic rings. The van der Waals surface area contributed by atoms with Crippen molar-refractivity contribution in [3.63, 3.8) is 0 Å². The molecule has 0 saturated carbocycles. The van der Waals surface area contributed by atoms with E-state index in [-0.39, 0.29) is 29.9 Å². The Bertz CT molecular complexity index is 940. The number of methoxy groups -OCH3 is 1. The van der Waals surface area contributed by atoms with Crippen molar-refractivity contribution in [3.8, 4) is 0 Å². The van der Waals surface area contributed by atoms with Gasteiger partial charge in [-0.3, -0.25) is 10.3 Å². The van der Waals surface area contributed by atoms with E-state index in [1.807, 2.05) is 36.4 Å². The van der Waals surface area contributed by atoms with E-state index in [9.17, 15) is 4.79 Å². The largest absolute Gasteiger partial charge is 0.453 e. The van der Waals surface area contributed by atoms with Gasteiger partial charge in [-0.05, 0) is 28.8 Å². The fourth-order valence-electron chi connectivity index (χ4n) is 3.28. The number of hydrogen-bond acceptors (Lipinski definition) is 3. The van der Waals surface area contributed by atoms with Gasteiger partial charge < -0.3 is 15.4 Å². The third-order valence-corrected chi connectivity index (χ3v) is 4.95. The first-order chi connectivity index (χ1) is 15.2. The van der Waals surface area contributed by atoms with Crippen LogP contribution in [0.15, 0.2) is 89.9 Å². The molecule has 0 spiro atoms. The number of benzene rings is 3. The van der Waals surface area contributed by atoms with Crippen LogP contribution in [0.4, 0.5) is 10.5 Å². The van der Waals surface area contributed by atoms with Gasteiger partial charge >= 0.3 is 6.09 Å². The Kier molecular flexibility index (Phi) is 10.5. The van der Waals surface area contributed by atoms with Crippen molar-refractivity contribution in [2.75, 3.05) is 26.0 Å². The molecule has 3 rings (SSSR count). The monoisotopic (exact) mass is 544 g/mol.